The number of amides is 2. The second kappa shape index (κ2) is 10.5. The molecule has 0 saturated heterocycles. The summed E-state index contributed by atoms with van der Waals surface area (Å²) in [6, 6.07) is 14.2. The zero-order valence-corrected chi connectivity index (χ0v) is 19.5. The standard InChI is InChI=1S/C26H32N2O5/c1-5-16(4)23(25(30)31)27-24(29)22(15(2)3)28-26(32)33-14-21-19-12-8-6-10-17(19)18-11-7-9-13-20(18)21/h6-13,15-16,21-23H,5,14H2,1-4H3,(H,27,29)(H,28,32)(H,30,31)/t16-,22+,23-/m0/s1. The molecule has 7 heteroatoms. The SMILES string of the molecule is CC[C@H](C)[C@H](NC(=O)[C@H](NC(=O)OCC1c2ccccc2-c2ccccc21)C(C)C)C(=O)O. The van der Waals surface area contributed by atoms with E-state index < -0.39 is 30.1 Å². The maximum absolute atomic E-state index is 12.8. The number of alkyl carbamates (subject to hydrolysis) is 1. The van der Waals surface area contributed by atoms with Gasteiger partial charge in [0.1, 0.15) is 18.7 Å². The van der Waals surface area contributed by atoms with Crippen LogP contribution in [0.1, 0.15) is 51.2 Å². The molecule has 176 valence electrons. The summed E-state index contributed by atoms with van der Waals surface area (Å²) in [6.45, 7) is 7.33. The molecule has 2 amide bonds. The Morgan fingerprint density at radius 3 is 1.94 bits per heavy atom. The van der Waals surface area contributed by atoms with Crippen LogP contribution in [0.2, 0.25) is 0 Å². The minimum absolute atomic E-state index is 0.0868. The van der Waals surface area contributed by atoms with Crippen LogP contribution in [0.25, 0.3) is 11.1 Å². The lowest BCUT2D eigenvalue weighted by Crippen LogP contribution is -2.55. The van der Waals surface area contributed by atoms with Crippen LogP contribution < -0.4 is 10.6 Å². The van der Waals surface area contributed by atoms with Crippen molar-refractivity contribution >= 4 is 18.0 Å². The third kappa shape index (κ3) is 5.35. The number of rotatable bonds is 9. The van der Waals surface area contributed by atoms with Gasteiger partial charge in [0.05, 0.1) is 0 Å². The van der Waals surface area contributed by atoms with E-state index in [-0.39, 0.29) is 24.4 Å². The molecule has 3 N–H and O–H groups in total. The number of ether oxygens (including phenoxy) is 1. The monoisotopic (exact) mass is 452 g/mol. The molecule has 0 spiro atoms. The van der Waals surface area contributed by atoms with Gasteiger partial charge in [0.15, 0.2) is 0 Å². The zero-order valence-electron chi connectivity index (χ0n) is 19.5. The molecule has 0 saturated carbocycles. The van der Waals surface area contributed by atoms with E-state index in [0.717, 1.165) is 22.3 Å². The molecular weight excluding hydrogens is 420 g/mol. The van der Waals surface area contributed by atoms with Crippen LogP contribution >= 0.6 is 0 Å². The van der Waals surface area contributed by atoms with Crippen molar-refractivity contribution in [1.82, 2.24) is 10.6 Å². The molecule has 2 aromatic rings. The summed E-state index contributed by atoms with van der Waals surface area (Å²) in [5, 5.41) is 14.7. The van der Waals surface area contributed by atoms with Gasteiger partial charge in [-0.2, -0.15) is 0 Å². The summed E-state index contributed by atoms with van der Waals surface area (Å²) in [5.41, 5.74) is 4.46. The Balaban J connectivity index is 1.66. The first-order valence-electron chi connectivity index (χ1n) is 11.4. The largest absolute Gasteiger partial charge is 0.480 e. The number of carbonyl (C=O) groups excluding carboxylic acids is 2. The molecule has 7 nitrogen and oxygen atoms in total. The highest BCUT2D eigenvalue weighted by molar-refractivity contribution is 5.89. The molecule has 0 unspecified atom stereocenters. The van der Waals surface area contributed by atoms with Gasteiger partial charge >= 0.3 is 12.1 Å². The summed E-state index contributed by atoms with van der Waals surface area (Å²) >= 11 is 0. The van der Waals surface area contributed by atoms with Crippen molar-refractivity contribution in [1.29, 1.82) is 0 Å². The van der Waals surface area contributed by atoms with Crippen molar-refractivity contribution in [3.05, 3.63) is 59.7 Å². The number of carboxylic acids is 1. The fourth-order valence-electron chi connectivity index (χ4n) is 4.23. The van der Waals surface area contributed by atoms with Gasteiger partial charge in [0, 0.05) is 5.92 Å². The summed E-state index contributed by atoms with van der Waals surface area (Å²) in [4.78, 5) is 37.0. The third-order valence-corrected chi connectivity index (χ3v) is 6.34. The second-order valence-corrected chi connectivity index (χ2v) is 8.90. The molecule has 3 rings (SSSR count). The zero-order chi connectivity index (χ0) is 24.1. The van der Waals surface area contributed by atoms with Crippen LogP contribution in [0.15, 0.2) is 48.5 Å². The Hall–Kier alpha value is -3.35. The number of carboxylic acid groups (broad SMARTS) is 1. The average Bonchev–Trinajstić information content (AvgIpc) is 3.12. The maximum atomic E-state index is 12.8. The highest BCUT2D eigenvalue weighted by Gasteiger charge is 2.32. The molecule has 0 heterocycles. The fraction of sp³-hybridized carbons (Fsp3) is 0.423. The van der Waals surface area contributed by atoms with Gasteiger partial charge in [-0.05, 0) is 34.1 Å². The Morgan fingerprint density at radius 2 is 1.45 bits per heavy atom. The predicted octanol–water partition coefficient (Wildman–Crippen LogP) is 4.17. The van der Waals surface area contributed by atoms with Gasteiger partial charge < -0.3 is 20.5 Å². The van der Waals surface area contributed by atoms with Crippen LogP contribution in [0.3, 0.4) is 0 Å². The van der Waals surface area contributed by atoms with Crippen LogP contribution in [-0.4, -0.2) is 41.8 Å². The number of carbonyl (C=O) groups is 3. The van der Waals surface area contributed by atoms with Crippen molar-refractivity contribution in [3.63, 3.8) is 0 Å². The van der Waals surface area contributed by atoms with E-state index in [9.17, 15) is 19.5 Å². The summed E-state index contributed by atoms with van der Waals surface area (Å²) in [6.07, 6.45) is -0.107. The predicted molar refractivity (Wildman–Crippen MR) is 126 cm³/mol. The smallest absolute Gasteiger partial charge is 0.407 e. The molecule has 1 aliphatic carbocycles. The number of nitrogens with one attached hydrogen (secondary N) is 2. The molecule has 0 fully saturated rings. The summed E-state index contributed by atoms with van der Waals surface area (Å²) in [7, 11) is 0. The van der Waals surface area contributed by atoms with Gasteiger partial charge in [-0.1, -0.05) is 82.6 Å². The van der Waals surface area contributed by atoms with E-state index in [4.69, 9.17) is 4.74 Å². The van der Waals surface area contributed by atoms with Gasteiger partial charge in [0.25, 0.3) is 0 Å². The average molecular weight is 453 g/mol. The molecule has 33 heavy (non-hydrogen) atoms. The fourth-order valence-corrected chi connectivity index (χ4v) is 4.23. The van der Waals surface area contributed by atoms with E-state index in [1.807, 2.05) is 43.3 Å². The summed E-state index contributed by atoms with van der Waals surface area (Å²) in [5.74, 6) is -2.21. The van der Waals surface area contributed by atoms with Gasteiger partial charge in [0.2, 0.25) is 5.91 Å². The van der Waals surface area contributed by atoms with Gasteiger partial charge in [-0.25, -0.2) is 9.59 Å². The van der Waals surface area contributed by atoms with E-state index >= 15 is 0 Å². The van der Waals surface area contributed by atoms with Crippen molar-refractivity contribution < 1.29 is 24.2 Å². The Labute approximate surface area is 194 Å². The van der Waals surface area contributed by atoms with Gasteiger partial charge in [-0.15, -0.1) is 0 Å². The Bertz CT molecular complexity index is 974. The van der Waals surface area contributed by atoms with Crippen molar-refractivity contribution in [2.75, 3.05) is 6.61 Å². The normalized spacial score (nSPS) is 15.2. The lowest BCUT2D eigenvalue weighted by atomic mass is 9.97. The molecule has 0 bridgehead atoms. The number of hydrogen-bond acceptors (Lipinski definition) is 4. The van der Waals surface area contributed by atoms with E-state index in [2.05, 4.69) is 22.8 Å². The Kier molecular flexibility index (Phi) is 7.74. The molecule has 0 aromatic heterocycles. The first kappa shape index (κ1) is 24.3. The lowest BCUT2D eigenvalue weighted by molar-refractivity contribution is -0.143. The minimum Gasteiger partial charge on any atom is -0.480 e. The van der Waals surface area contributed by atoms with Crippen molar-refractivity contribution in [3.8, 4) is 11.1 Å². The number of fused-ring (bicyclic) bond motifs is 3. The number of benzene rings is 2. The van der Waals surface area contributed by atoms with Crippen LogP contribution in [0.5, 0.6) is 0 Å². The number of aliphatic carboxylic acids is 1. The Morgan fingerprint density at radius 1 is 0.909 bits per heavy atom. The first-order valence-corrected chi connectivity index (χ1v) is 11.4. The van der Waals surface area contributed by atoms with Gasteiger partial charge in [-0.3, -0.25) is 4.79 Å². The first-order chi connectivity index (χ1) is 15.7. The maximum Gasteiger partial charge on any atom is 0.407 e. The minimum atomic E-state index is -1.10. The lowest BCUT2D eigenvalue weighted by Gasteiger charge is -2.26. The molecule has 3 atom stereocenters. The van der Waals surface area contributed by atoms with Crippen LogP contribution in [-0.2, 0) is 14.3 Å². The topological polar surface area (TPSA) is 105 Å². The highest BCUT2D eigenvalue weighted by atomic mass is 16.5. The highest BCUT2D eigenvalue weighted by Crippen LogP contribution is 2.44. The molecule has 2 aromatic carbocycles. The third-order valence-electron chi connectivity index (χ3n) is 6.34. The number of hydrogen-bond donors (Lipinski definition) is 3. The molecule has 1 aliphatic rings. The van der Waals surface area contributed by atoms with Crippen molar-refractivity contribution in [2.45, 2.75) is 52.1 Å². The van der Waals surface area contributed by atoms with E-state index in [1.165, 1.54) is 0 Å². The van der Waals surface area contributed by atoms with Crippen LogP contribution in [0.4, 0.5) is 4.79 Å². The quantitative estimate of drug-likeness (QED) is 0.530. The molecular formula is C26H32N2O5. The van der Waals surface area contributed by atoms with Crippen LogP contribution in [0, 0.1) is 11.8 Å². The molecule has 0 radical (unpaired) electrons. The summed E-state index contributed by atoms with van der Waals surface area (Å²) < 4.78 is 5.55. The molecule has 0 aliphatic heterocycles. The van der Waals surface area contributed by atoms with E-state index in [0.29, 0.717) is 6.42 Å². The van der Waals surface area contributed by atoms with E-state index in [1.54, 1.807) is 20.8 Å². The second-order valence-electron chi connectivity index (χ2n) is 8.90. The van der Waals surface area contributed by atoms with Crippen molar-refractivity contribution in [2.24, 2.45) is 11.8 Å².